The zero-order valence-corrected chi connectivity index (χ0v) is 9.63. The highest BCUT2D eigenvalue weighted by molar-refractivity contribution is 6.11. The van der Waals surface area contributed by atoms with Crippen molar-refractivity contribution >= 4 is 5.71 Å². The summed E-state index contributed by atoms with van der Waals surface area (Å²) in [7, 11) is 1.53. The van der Waals surface area contributed by atoms with Crippen LogP contribution in [0.5, 0.6) is 0 Å². The molecule has 0 bridgehead atoms. The molecule has 2 rings (SSSR count). The Kier molecular flexibility index (Phi) is 3.05. The second kappa shape index (κ2) is 4.49. The van der Waals surface area contributed by atoms with Crippen LogP contribution >= 0.6 is 0 Å². The number of hydrogen-bond acceptors (Lipinski definition) is 4. The number of hydrogen-bond donors (Lipinski definition) is 2. The van der Waals surface area contributed by atoms with E-state index in [4.69, 9.17) is 4.84 Å². The van der Waals surface area contributed by atoms with Gasteiger partial charge in [0.1, 0.15) is 18.5 Å². The number of oxime groups is 1. The third-order valence-electron chi connectivity index (χ3n) is 2.62. The molecule has 5 heteroatoms. The Bertz CT molecular complexity index is 433. The van der Waals surface area contributed by atoms with Crippen molar-refractivity contribution in [2.75, 3.05) is 13.7 Å². The number of allylic oxidation sites excluding steroid dienone is 1. The molecular formula is C11H16N4O. The van der Waals surface area contributed by atoms with Crippen molar-refractivity contribution in [3.8, 4) is 0 Å². The highest BCUT2D eigenvalue weighted by atomic mass is 16.6. The number of rotatable bonds is 3. The fourth-order valence-electron chi connectivity index (χ4n) is 1.84. The molecule has 0 saturated carbocycles. The summed E-state index contributed by atoms with van der Waals surface area (Å²) >= 11 is 0. The van der Waals surface area contributed by atoms with Crippen LogP contribution in [0.25, 0.3) is 0 Å². The normalized spacial score (nSPS) is 15.8. The first-order chi connectivity index (χ1) is 7.74. The minimum Gasteiger partial charge on any atom is -0.399 e. The molecule has 0 spiro atoms. The fourth-order valence-corrected chi connectivity index (χ4v) is 1.84. The maximum atomic E-state index is 4.83. The van der Waals surface area contributed by atoms with E-state index in [0.29, 0.717) is 5.71 Å². The van der Waals surface area contributed by atoms with Gasteiger partial charge in [-0.2, -0.15) is 5.10 Å². The van der Waals surface area contributed by atoms with Gasteiger partial charge in [-0.3, -0.25) is 5.10 Å². The van der Waals surface area contributed by atoms with E-state index in [1.807, 2.05) is 6.92 Å². The van der Waals surface area contributed by atoms with E-state index < -0.39 is 0 Å². The van der Waals surface area contributed by atoms with Crippen molar-refractivity contribution < 1.29 is 4.84 Å². The molecule has 1 aromatic rings. The van der Waals surface area contributed by atoms with Gasteiger partial charge in [-0.25, -0.2) is 0 Å². The van der Waals surface area contributed by atoms with Crippen LogP contribution in [0.1, 0.15) is 23.9 Å². The smallest absolute Gasteiger partial charge is 0.132 e. The van der Waals surface area contributed by atoms with Gasteiger partial charge in [0.15, 0.2) is 0 Å². The van der Waals surface area contributed by atoms with Crippen LogP contribution in [0.4, 0.5) is 0 Å². The van der Waals surface area contributed by atoms with Crippen molar-refractivity contribution in [2.24, 2.45) is 5.16 Å². The Morgan fingerprint density at radius 1 is 1.56 bits per heavy atom. The lowest BCUT2D eigenvalue weighted by Crippen LogP contribution is -2.24. The maximum Gasteiger partial charge on any atom is 0.132 e. The van der Waals surface area contributed by atoms with E-state index in [0.717, 1.165) is 30.8 Å². The van der Waals surface area contributed by atoms with Gasteiger partial charge in [0.05, 0.1) is 0 Å². The summed E-state index contributed by atoms with van der Waals surface area (Å²) in [5.74, 6) is 0. The lowest BCUT2D eigenvalue weighted by Gasteiger charge is -2.13. The maximum absolute atomic E-state index is 4.83. The highest BCUT2D eigenvalue weighted by Gasteiger charge is 2.20. The number of aromatic nitrogens is 2. The molecule has 0 unspecified atom stereocenters. The largest absolute Gasteiger partial charge is 0.399 e. The molecule has 16 heavy (non-hydrogen) atoms. The van der Waals surface area contributed by atoms with Gasteiger partial charge in [0, 0.05) is 30.8 Å². The average Bonchev–Trinajstić information content (AvgIpc) is 2.69. The van der Waals surface area contributed by atoms with Crippen LogP contribution in [0.3, 0.4) is 0 Å². The second-order valence-corrected chi connectivity index (χ2v) is 3.86. The van der Waals surface area contributed by atoms with Crippen LogP contribution in [0.2, 0.25) is 0 Å². The molecule has 1 aliphatic heterocycles. The molecule has 86 valence electrons. The number of H-pyrrole nitrogens is 1. The fraction of sp³-hybridized carbons (Fsp3) is 0.455. The van der Waals surface area contributed by atoms with Crippen molar-refractivity contribution in [1.29, 1.82) is 0 Å². The number of nitrogens with one attached hydrogen (secondary N) is 2. The van der Waals surface area contributed by atoms with Crippen molar-refractivity contribution in [2.45, 2.75) is 19.9 Å². The summed E-state index contributed by atoms with van der Waals surface area (Å²) in [5, 5.41) is 14.7. The number of fused-ring (bicyclic) bond motifs is 1. The molecule has 0 atom stereocenters. The predicted octanol–water partition coefficient (Wildman–Crippen LogP) is 0.982. The topological polar surface area (TPSA) is 62.3 Å². The molecule has 0 saturated heterocycles. The van der Waals surface area contributed by atoms with E-state index in [-0.39, 0.29) is 0 Å². The molecule has 0 aliphatic carbocycles. The van der Waals surface area contributed by atoms with Crippen LogP contribution in [0, 0.1) is 0 Å². The Morgan fingerprint density at radius 3 is 3.06 bits per heavy atom. The zero-order chi connectivity index (χ0) is 11.5. The predicted molar refractivity (Wildman–Crippen MR) is 62.4 cm³/mol. The molecule has 5 nitrogen and oxygen atoms in total. The van der Waals surface area contributed by atoms with Crippen LogP contribution in [0.15, 0.2) is 17.3 Å². The van der Waals surface area contributed by atoms with Crippen LogP contribution in [-0.2, 0) is 17.8 Å². The Hall–Kier alpha value is -1.62. The van der Waals surface area contributed by atoms with E-state index in [1.165, 1.54) is 18.4 Å². The van der Waals surface area contributed by atoms with Crippen molar-refractivity contribution in [1.82, 2.24) is 15.5 Å². The summed E-state index contributed by atoms with van der Waals surface area (Å²) in [6.07, 6.45) is 0.971. The van der Waals surface area contributed by atoms with Gasteiger partial charge in [-0.05, 0) is 12.5 Å². The summed E-state index contributed by atoms with van der Waals surface area (Å²) < 4.78 is 0. The van der Waals surface area contributed by atoms with Gasteiger partial charge in [0.25, 0.3) is 0 Å². The monoisotopic (exact) mass is 220 g/mol. The first-order valence-corrected chi connectivity index (χ1v) is 5.28. The summed E-state index contributed by atoms with van der Waals surface area (Å²) in [6.45, 7) is 7.59. The molecule has 0 aromatic carbocycles. The van der Waals surface area contributed by atoms with E-state index >= 15 is 0 Å². The molecule has 1 aliphatic rings. The third-order valence-corrected chi connectivity index (χ3v) is 2.62. The van der Waals surface area contributed by atoms with Crippen LogP contribution in [-0.4, -0.2) is 29.6 Å². The molecule has 0 amide bonds. The lowest BCUT2D eigenvalue weighted by atomic mass is 10.0. The van der Waals surface area contributed by atoms with E-state index in [2.05, 4.69) is 27.2 Å². The SMILES string of the molecule is C=C(C)/C(=N\OC)c1n[nH]c2c1CNCC2. The van der Waals surface area contributed by atoms with Gasteiger partial charge in [-0.15, -0.1) is 0 Å². The van der Waals surface area contributed by atoms with Crippen LogP contribution < -0.4 is 5.32 Å². The third kappa shape index (κ3) is 1.86. The van der Waals surface area contributed by atoms with Gasteiger partial charge in [0.2, 0.25) is 0 Å². The average molecular weight is 220 g/mol. The summed E-state index contributed by atoms with van der Waals surface area (Å²) in [4.78, 5) is 4.83. The molecule has 0 radical (unpaired) electrons. The molecule has 2 heterocycles. The number of aromatic amines is 1. The van der Waals surface area contributed by atoms with E-state index in [9.17, 15) is 0 Å². The van der Waals surface area contributed by atoms with Gasteiger partial charge >= 0.3 is 0 Å². The molecule has 2 N–H and O–H groups in total. The van der Waals surface area contributed by atoms with E-state index in [1.54, 1.807) is 0 Å². The standard InChI is InChI=1S/C11H16N4O/c1-7(2)10(15-16-3)11-8-6-12-5-4-9(8)13-14-11/h12H,1,4-6H2,2-3H3,(H,13,14)/b15-10+. The number of nitrogens with zero attached hydrogens (tertiary/aromatic N) is 2. The second-order valence-electron chi connectivity index (χ2n) is 3.86. The first-order valence-electron chi connectivity index (χ1n) is 5.28. The van der Waals surface area contributed by atoms with Crippen molar-refractivity contribution in [3.63, 3.8) is 0 Å². The Morgan fingerprint density at radius 2 is 2.38 bits per heavy atom. The summed E-state index contributed by atoms with van der Waals surface area (Å²) in [6, 6.07) is 0. The quantitative estimate of drug-likeness (QED) is 0.589. The van der Waals surface area contributed by atoms with Gasteiger partial charge in [-0.1, -0.05) is 11.7 Å². The summed E-state index contributed by atoms with van der Waals surface area (Å²) in [5.41, 5.74) is 4.76. The molecule has 0 fully saturated rings. The Labute approximate surface area is 94.6 Å². The zero-order valence-electron chi connectivity index (χ0n) is 9.63. The van der Waals surface area contributed by atoms with Gasteiger partial charge < -0.3 is 10.2 Å². The lowest BCUT2D eigenvalue weighted by molar-refractivity contribution is 0.213. The molecule has 1 aromatic heterocycles. The first kappa shape index (κ1) is 10.9. The minimum atomic E-state index is 0.712. The molecular weight excluding hydrogens is 204 g/mol. The van der Waals surface area contributed by atoms with Crippen molar-refractivity contribution in [3.05, 3.63) is 29.1 Å². The minimum absolute atomic E-state index is 0.712. The Balaban J connectivity index is 2.42. The highest BCUT2D eigenvalue weighted by Crippen LogP contribution is 2.18.